The molecule has 1 aliphatic rings. The number of aromatic nitrogens is 2. The van der Waals surface area contributed by atoms with Gasteiger partial charge < -0.3 is 5.73 Å². The summed E-state index contributed by atoms with van der Waals surface area (Å²) < 4.78 is 2.07. The van der Waals surface area contributed by atoms with Gasteiger partial charge in [0.15, 0.2) is 5.78 Å². The van der Waals surface area contributed by atoms with Crippen LogP contribution in [0.4, 0.5) is 5.82 Å². The van der Waals surface area contributed by atoms with E-state index in [1.807, 2.05) is 11.4 Å². The van der Waals surface area contributed by atoms with Crippen molar-refractivity contribution in [2.45, 2.75) is 31.8 Å². The van der Waals surface area contributed by atoms with Gasteiger partial charge >= 0.3 is 5.69 Å². The van der Waals surface area contributed by atoms with Crippen LogP contribution in [-0.4, -0.2) is 32.4 Å². The number of thiophene rings is 1. The van der Waals surface area contributed by atoms with E-state index >= 15 is 0 Å². The summed E-state index contributed by atoms with van der Waals surface area (Å²) in [6.45, 7) is 2.60. The van der Waals surface area contributed by atoms with Gasteiger partial charge in [0.2, 0.25) is 0 Å². The molecule has 3 rings (SSSR count). The maximum atomic E-state index is 13.1. The predicted molar refractivity (Wildman–Crippen MR) is 98.1 cm³/mol. The third kappa shape index (κ3) is 2.85. The van der Waals surface area contributed by atoms with Crippen LogP contribution in [0.1, 0.15) is 41.0 Å². The molecule has 25 heavy (non-hydrogen) atoms. The van der Waals surface area contributed by atoms with Gasteiger partial charge in [-0.15, -0.1) is 11.3 Å². The molecule has 0 unspecified atom stereocenters. The van der Waals surface area contributed by atoms with Crippen molar-refractivity contribution < 1.29 is 4.79 Å². The zero-order valence-electron chi connectivity index (χ0n) is 14.6. The van der Waals surface area contributed by atoms with Crippen LogP contribution in [0.15, 0.2) is 27.1 Å². The number of ketones is 1. The number of nitrogens with zero attached hydrogens (tertiary/aromatic N) is 3. The van der Waals surface area contributed by atoms with E-state index in [1.54, 1.807) is 18.3 Å². The molecule has 2 N–H and O–H groups in total. The first-order valence-corrected chi connectivity index (χ1v) is 9.11. The highest BCUT2D eigenvalue weighted by Crippen LogP contribution is 2.36. The third-order valence-electron chi connectivity index (χ3n) is 5.00. The molecule has 2 aromatic heterocycles. The summed E-state index contributed by atoms with van der Waals surface area (Å²) in [5, 5.41) is 2.03. The molecule has 0 bridgehead atoms. The van der Waals surface area contributed by atoms with Crippen LogP contribution in [0.2, 0.25) is 0 Å². The number of hydrogen-bond acceptors (Lipinski definition) is 6. The molecule has 2 aromatic rings. The highest BCUT2D eigenvalue weighted by Gasteiger charge is 2.35. The normalized spacial score (nSPS) is 19.2. The Balaban J connectivity index is 1.99. The molecule has 0 saturated carbocycles. The number of nitrogens with two attached hydrogens (primary N) is 1. The lowest BCUT2D eigenvalue weighted by molar-refractivity contribution is 0.0820. The molecule has 1 fully saturated rings. The zero-order valence-corrected chi connectivity index (χ0v) is 15.4. The van der Waals surface area contributed by atoms with Crippen molar-refractivity contribution in [3.8, 4) is 0 Å². The molecule has 2 atom stereocenters. The molecule has 0 spiro atoms. The Morgan fingerprint density at radius 1 is 1.32 bits per heavy atom. The lowest BCUT2D eigenvalue weighted by Gasteiger charge is -2.29. The maximum Gasteiger partial charge on any atom is 0.332 e. The van der Waals surface area contributed by atoms with Crippen molar-refractivity contribution >= 4 is 22.9 Å². The molecule has 0 radical (unpaired) electrons. The van der Waals surface area contributed by atoms with Gasteiger partial charge in [-0.25, -0.2) is 4.79 Å². The summed E-state index contributed by atoms with van der Waals surface area (Å²) in [6, 6.07) is 3.77. The van der Waals surface area contributed by atoms with E-state index in [0.29, 0.717) is 0 Å². The molecule has 7 nitrogen and oxygen atoms in total. The van der Waals surface area contributed by atoms with Gasteiger partial charge in [0, 0.05) is 25.0 Å². The molecule has 0 aliphatic carbocycles. The van der Waals surface area contributed by atoms with E-state index in [-0.39, 0.29) is 23.2 Å². The fourth-order valence-electron chi connectivity index (χ4n) is 3.49. The number of Topliss-reactive ketones (excluding diaryl/α,β-unsaturated/α-hetero) is 1. The van der Waals surface area contributed by atoms with Crippen molar-refractivity contribution in [2.24, 2.45) is 14.1 Å². The Labute approximate surface area is 149 Å². The Morgan fingerprint density at radius 3 is 2.68 bits per heavy atom. The fourth-order valence-corrected chi connectivity index (χ4v) is 4.37. The summed E-state index contributed by atoms with van der Waals surface area (Å²) in [7, 11) is 2.82. The van der Waals surface area contributed by atoms with Crippen molar-refractivity contribution in [3.05, 3.63) is 48.8 Å². The summed E-state index contributed by atoms with van der Waals surface area (Å²) in [4.78, 5) is 40.8. The Bertz CT molecular complexity index is 913. The minimum Gasteiger partial charge on any atom is -0.384 e. The molecule has 3 heterocycles. The Morgan fingerprint density at radius 2 is 2.04 bits per heavy atom. The molecule has 1 saturated heterocycles. The molecule has 1 aliphatic heterocycles. The van der Waals surface area contributed by atoms with E-state index in [9.17, 15) is 14.4 Å². The summed E-state index contributed by atoms with van der Waals surface area (Å²) in [5.41, 5.74) is 4.66. The Hall–Kier alpha value is -2.19. The number of rotatable bonds is 4. The highest BCUT2D eigenvalue weighted by atomic mass is 32.1. The largest absolute Gasteiger partial charge is 0.384 e. The van der Waals surface area contributed by atoms with Gasteiger partial charge in [0.25, 0.3) is 5.56 Å². The van der Waals surface area contributed by atoms with Gasteiger partial charge in [-0.1, -0.05) is 6.07 Å². The van der Waals surface area contributed by atoms with Crippen molar-refractivity contribution in [1.29, 1.82) is 0 Å². The number of anilines is 1. The van der Waals surface area contributed by atoms with Gasteiger partial charge in [-0.3, -0.25) is 23.6 Å². The number of likely N-dealkylation sites (tertiary alicyclic amines) is 1. The second kappa shape index (κ2) is 6.61. The molecular weight excluding hydrogens is 340 g/mol. The Kier molecular flexibility index (Phi) is 4.66. The monoisotopic (exact) mass is 362 g/mol. The number of carbonyl (C=O) groups is 1. The van der Waals surface area contributed by atoms with Gasteiger partial charge in [0.05, 0.1) is 6.04 Å². The van der Waals surface area contributed by atoms with Crippen molar-refractivity contribution in [3.63, 3.8) is 0 Å². The van der Waals surface area contributed by atoms with Gasteiger partial charge in [-0.2, -0.15) is 0 Å². The first kappa shape index (κ1) is 17.6. The average Bonchev–Trinajstić information content (AvgIpc) is 3.28. The minimum absolute atomic E-state index is 0.0724. The zero-order chi connectivity index (χ0) is 18.3. The standard InChI is InChI=1S/C17H22N4O3S/c1-10(21-8-4-6-11(21)12-7-5-9-25-12)14(22)13-15(18)19(2)17(24)20(3)16(13)23/h5,7,9-11H,4,6,8,18H2,1-3H3/t10-,11+/m0/s1. The van der Waals surface area contributed by atoms with Crippen LogP contribution in [0, 0.1) is 0 Å². The van der Waals surface area contributed by atoms with Crippen LogP contribution in [0.5, 0.6) is 0 Å². The summed E-state index contributed by atoms with van der Waals surface area (Å²) in [6.07, 6.45) is 1.99. The highest BCUT2D eigenvalue weighted by molar-refractivity contribution is 7.10. The predicted octanol–water partition coefficient (Wildman–Crippen LogP) is 1.14. The lowest BCUT2D eigenvalue weighted by atomic mass is 10.0. The van der Waals surface area contributed by atoms with Crippen LogP contribution in [0.25, 0.3) is 0 Å². The summed E-state index contributed by atoms with van der Waals surface area (Å²) >= 11 is 1.67. The van der Waals surface area contributed by atoms with Crippen LogP contribution in [0.3, 0.4) is 0 Å². The van der Waals surface area contributed by atoms with Gasteiger partial charge in [0.1, 0.15) is 11.4 Å². The first-order valence-electron chi connectivity index (χ1n) is 8.23. The quantitative estimate of drug-likeness (QED) is 0.824. The minimum atomic E-state index is -0.635. The van der Waals surface area contributed by atoms with Crippen LogP contribution >= 0.6 is 11.3 Å². The van der Waals surface area contributed by atoms with Crippen molar-refractivity contribution in [1.82, 2.24) is 14.0 Å². The molecular formula is C17H22N4O3S. The average molecular weight is 362 g/mol. The number of hydrogen-bond donors (Lipinski definition) is 1. The topological polar surface area (TPSA) is 90.3 Å². The van der Waals surface area contributed by atoms with E-state index < -0.39 is 17.3 Å². The molecule has 0 amide bonds. The van der Waals surface area contributed by atoms with Crippen molar-refractivity contribution in [2.75, 3.05) is 12.3 Å². The maximum absolute atomic E-state index is 13.1. The van der Waals surface area contributed by atoms with E-state index in [1.165, 1.54) is 19.0 Å². The summed E-state index contributed by atoms with van der Waals surface area (Å²) in [5.74, 6) is -0.408. The fraction of sp³-hybridized carbons (Fsp3) is 0.471. The second-order valence-electron chi connectivity index (χ2n) is 6.42. The molecule has 8 heteroatoms. The third-order valence-corrected chi connectivity index (χ3v) is 5.97. The van der Waals surface area contributed by atoms with Gasteiger partial charge in [-0.05, 0) is 37.8 Å². The lowest BCUT2D eigenvalue weighted by Crippen LogP contribution is -2.46. The second-order valence-corrected chi connectivity index (χ2v) is 7.40. The first-order chi connectivity index (χ1) is 11.8. The number of carbonyl (C=O) groups excluding carboxylic acids is 1. The van der Waals surface area contributed by atoms with E-state index in [2.05, 4.69) is 11.0 Å². The molecule has 134 valence electrons. The SMILES string of the molecule is C[C@@H](C(=O)c1c(N)n(C)c(=O)n(C)c1=O)N1CCC[C@@H]1c1cccs1. The number of nitrogen functional groups attached to an aromatic ring is 1. The van der Waals surface area contributed by atoms with E-state index in [0.717, 1.165) is 28.5 Å². The van der Waals surface area contributed by atoms with E-state index in [4.69, 9.17) is 5.73 Å². The van der Waals surface area contributed by atoms with Crippen LogP contribution < -0.4 is 17.0 Å². The van der Waals surface area contributed by atoms with Crippen LogP contribution in [-0.2, 0) is 14.1 Å². The smallest absolute Gasteiger partial charge is 0.332 e. The molecule has 0 aromatic carbocycles.